The Morgan fingerprint density at radius 1 is 1.19 bits per heavy atom. The molecule has 0 radical (unpaired) electrons. The normalized spacial score (nSPS) is 12.4. The molecule has 0 amide bonds. The first kappa shape index (κ1) is 15.9. The lowest BCUT2D eigenvalue weighted by molar-refractivity contribution is 0.521. The maximum absolute atomic E-state index is 14.1. The SMILES string of the molecule is CCNC(Cc1cccc(Cl)c1F)c1cc(F)ccc1C. The van der Waals surface area contributed by atoms with E-state index in [1.54, 1.807) is 18.2 Å². The van der Waals surface area contributed by atoms with Crippen LogP contribution in [0.15, 0.2) is 36.4 Å². The van der Waals surface area contributed by atoms with Crippen molar-refractivity contribution in [3.05, 3.63) is 69.7 Å². The molecule has 0 heterocycles. The third-order valence-electron chi connectivity index (χ3n) is 3.52. The Kier molecular flexibility index (Phi) is 5.32. The number of rotatable bonds is 5. The summed E-state index contributed by atoms with van der Waals surface area (Å²) in [6.45, 7) is 4.60. The van der Waals surface area contributed by atoms with E-state index in [0.29, 0.717) is 18.5 Å². The number of aryl methyl sites for hydroxylation is 1. The molecule has 0 fully saturated rings. The molecule has 0 aliphatic rings. The van der Waals surface area contributed by atoms with Gasteiger partial charge >= 0.3 is 0 Å². The Morgan fingerprint density at radius 3 is 2.67 bits per heavy atom. The van der Waals surface area contributed by atoms with Crippen molar-refractivity contribution in [2.45, 2.75) is 26.3 Å². The third-order valence-corrected chi connectivity index (χ3v) is 3.81. The van der Waals surface area contributed by atoms with Crippen LogP contribution in [0.4, 0.5) is 8.78 Å². The number of likely N-dealkylation sites (N-methyl/N-ethyl adjacent to an activating group) is 1. The van der Waals surface area contributed by atoms with E-state index in [4.69, 9.17) is 11.6 Å². The summed E-state index contributed by atoms with van der Waals surface area (Å²) in [4.78, 5) is 0. The number of hydrogen-bond donors (Lipinski definition) is 1. The van der Waals surface area contributed by atoms with Gasteiger partial charge in [-0.1, -0.05) is 36.7 Å². The van der Waals surface area contributed by atoms with E-state index in [2.05, 4.69) is 5.32 Å². The molecule has 2 rings (SSSR count). The first-order chi connectivity index (χ1) is 10.0. The fourth-order valence-electron chi connectivity index (χ4n) is 2.45. The Hall–Kier alpha value is -1.45. The average molecular weight is 310 g/mol. The van der Waals surface area contributed by atoms with Gasteiger partial charge < -0.3 is 5.32 Å². The van der Waals surface area contributed by atoms with Crippen LogP contribution in [0.25, 0.3) is 0 Å². The minimum Gasteiger partial charge on any atom is -0.310 e. The zero-order chi connectivity index (χ0) is 15.4. The summed E-state index contributed by atoms with van der Waals surface area (Å²) >= 11 is 5.82. The Labute approximate surface area is 128 Å². The maximum Gasteiger partial charge on any atom is 0.145 e. The number of benzene rings is 2. The summed E-state index contributed by atoms with van der Waals surface area (Å²) in [5.74, 6) is -0.693. The summed E-state index contributed by atoms with van der Waals surface area (Å²) in [6.07, 6.45) is 0.421. The second-order valence-electron chi connectivity index (χ2n) is 5.03. The highest BCUT2D eigenvalue weighted by molar-refractivity contribution is 6.30. The van der Waals surface area contributed by atoms with Crippen LogP contribution in [-0.2, 0) is 6.42 Å². The molecule has 112 valence electrons. The minimum atomic E-state index is -0.406. The van der Waals surface area contributed by atoms with Crippen LogP contribution < -0.4 is 5.32 Å². The fraction of sp³-hybridized carbons (Fsp3) is 0.294. The molecule has 0 aromatic heterocycles. The van der Waals surface area contributed by atoms with Crippen LogP contribution in [0.3, 0.4) is 0 Å². The largest absolute Gasteiger partial charge is 0.310 e. The number of halogens is 3. The molecule has 1 unspecified atom stereocenters. The molecule has 0 saturated carbocycles. The molecule has 4 heteroatoms. The summed E-state index contributed by atoms with van der Waals surface area (Å²) in [7, 11) is 0. The van der Waals surface area contributed by atoms with Gasteiger partial charge in [0.25, 0.3) is 0 Å². The average Bonchev–Trinajstić information content (AvgIpc) is 2.46. The van der Waals surface area contributed by atoms with Crippen LogP contribution in [0.2, 0.25) is 5.02 Å². The van der Waals surface area contributed by atoms with Crippen LogP contribution >= 0.6 is 11.6 Å². The van der Waals surface area contributed by atoms with E-state index in [9.17, 15) is 8.78 Å². The van der Waals surface area contributed by atoms with Crippen molar-refractivity contribution in [1.82, 2.24) is 5.32 Å². The van der Waals surface area contributed by atoms with Gasteiger partial charge in [-0.15, -0.1) is 0 Å². The molecule has 2 aromatic rings. The monoisotopic (exact) mass is 309 g/mol. The van der Waals surface area contributed by atoms with E-state index >= 15 is 0 Å². The lowest BCUT2D eigenvalue weighted by Crippen LogP contribution is -2.24. The molecule has 0 aliphatic heterocycles. The molecule has 0 saturated heterocycles. The molecule has 0 bridgehead atoms. The van der Waals surface area contributed by atoms with Crippen molar-refractivity contribution in [3.63, 3.8) is 0 Å². The van der Waals surface area contributed by atoms with Gasteiger partial charge in [-0.2, -0.15) is 0 Å². The summed E-state index contributed by atoms with van der Waals surface area (Å²) < 4.78 is 27.6. The molecule has 0 spiro atoms. The molecule has 21 heavy (non-hydrogen) atoms. The van der Waals surface area contributed by atoms with Crippen LogP contribution in [0, 0.1) is 18.6 Å². The number of nitrogens with one attached hydrogen (secondary N) is 1. The molecule has 1 N–H and O–H groups in total. The molecule has 0 aliphatic carbocycles. The Balaban J connectivity index is 2.35. The van der Waals surface area contributed by atoms with Crippen molar-refractivity contribution in [3.8, 4) is 0 Å². The van der Waals surface area contributed by atoms with Crippen LogP contribution in [-0.4, -0.2) is 6.54 Å². The predicted octanol–water partition coefficient (Wildman–Crippen LogP) is 4.82. The van der Waals surface area contributed by atoms with Gasteiger partial charge in [-0.3, -0.25) is 0 Å². The Morgan fingerprint density at radius 2 is 1.95 bits per heavy atom. The topological polar surface area (TPSA) is 12.0 Å². The predicted molar refractivity (Wildman–Crippen MR) is 82.7 cm³/mol. The molecule has 2 aromatic carbocycles. The highest BCUT2D eigenvalue weighted by Crippen LogP contribution is 2.26. The second-order valence-corrected chi connectivity index (χ2v) is 5.44. The lowest BCUT2D eigenvalue weighted by Gasteiger charge is -2.21. The molecule has 1 atom stereocenters. The maximum atomic E-state index is 14.1. The molecule has 1 nitrogen and oxygen atoms in total. The molecular weight excluding hydrogens is 292 g/mol. The van der Waals surface area contributed by atoms with Crippen LogP contribution in [0.1, 0.15) is 29.7 Å². The highest BCUT2D eigenvalue weighted by Gasteiger charge is 2.17. The summed E-state index contributed by atoms with van der Waals surface area (Å²) in [6, 6.07) is 9.48. The fourth-order valence-corrected chi connectivity index (χ4v) is 2.65. The van der Waals surface area contributed by atoms with E-state index in [-0.39, 0.29) is 16.9 Å². The first-order valence-corrected chi connectivity index (χ1v) is 7.33. The van der Waals surface area contributed by atoms with Gasteiger partial charge in [0.2, 0.25) is 0 Å². The van der Waals surface area contributed by atoms with E-state index in [1.807, 2.05) is 13.8 Å². The van der Waals surface area contributed by atoms with Gasteiger partial charge in [0.05, 0.1) is 5.02 Å². The number of hydrogen-bond acceptors (Lipinski definition) is 1. The van der Waals surface area contributed by atoms with E-state index in [1.165, 1.54) is 18.2 Å². The van der Waals surface area contributed by atoms with Crippen molar-refractivity contribution in [1.29, 1.82) is 0 Å². The van der Waals surface area contributed by atoms with Crippen molar-refractivity contribution < 1.29 is 8.78 Å². The third kappa shape index (κ3) is 3.80. The quantitative estimate of drug-likeness (QED) is 0.835. The van der Waals surface area contributed by atoms with Gasteiger partial charge in [0.15, 0.2) is 0 Å². The van der Waals surface area contributed by atoms with Gasteiger partial charge in [0.1, 0.15) is 11.6 Å². The van der Waals surface area contributed by atoms with Gasteiger partial charge in [0, 0.05) is 6.04 Å². The van der Waals surface area contributed by atoms with Crippen molar-refractivity contribution in [2.24, 2.45) is 0 Å². The smallest absolute Gasteiger partial charge is 0.145 e. The van der Waals surface area contributed by atoms with E-state index in [0.717, 1.165) is 11.1 Å². The summed E-state index contributed by atoms with van der Waals surface area (Å²) in [5, 5.41) is 3.40. The Bertz CT molecular complexity index is 628. The van der Waals surface area contributed by atoms with Gasteiger partial charge in [-0.25, -0.2) is 8.78 Å². The van der Waals surface area contributed by atoms with Crippen LogP contribution in [0.5, 0.6) is 0 Å². The van der Waals surface area contributed by atoms with E-state index < -0.39 is 5.82 Å². The first-order valence-electron chi connectivity index (χ1n) is 6.95. The van der Waals surface area contributed by atoms with Crippen molar-refractivity contribution >= 4 is 11.6 Å². The minimum absolute atomic E-state index is 0.110. The highest BCUT2D eigenvalue weighted by atomic mass is 35.5. The van der Waals surface area contributed by atoms with Crippen molar-refractivity contribution in [2.75, 3.05) is 6.54 Å². The standard InChI is InChI=1S/C17H18ClF2N/c1-3-21-16(14-10-13(19)8-7-11(14)2)9-12-5-4-6-15(18)17(12)20/h4-8,10,16,21H,3,9H2,1-2H3. The zero-order valence-electron chi connectivity index (χ0n) is 12.1. The zero-order valence-corrected chi connectivity index (χ0v) is 12.8. The molecular formula is C17H18ClF2N. The second kappa shape index (κ2) is 7.01. The van der Waals surface area contributed by atoms with Gasteiger partial charge in [-0.05, 0) is 54.8 Å². The summed E-state index contributed by atoms with van der Waals surface area (Å²) in [5.41, 5.74) is 2.35. The lowest BCUT2D eigenvalue weighted by atomic mass is 9.95.